The highest BCUT2D eigenvalue weighted by molar-refractivity contribution is 8.14. The first-order valence-corrected chi connectivity index (χ1v) is 11.2. The molecule has 1 amide bonds. The average molecular weight is 482 g/mol. The number of rotatable bonds is 6. The minimum absolute atomic E-state index is 0. The van der Waals surface area contributed by atoms with Crippen molar-refractivity contribution in [3.05, 3.63) is 16.1 Å². The number of carbonyl (C=O) groups is 4. The highest BCUT2D eigenvalue weighted by Crippen LogP contribution is 2.44. The van der Waals surface area contributed by atoms with Gasteiger partial charge in [-0.3, -0.25) is 19.2 Å². The fourth-order valence-corrected chi connectivity index (χ4v) is 6.24. The van der Waals surface area contributed by atoms with Gasteiger partial charge in [-0.25, -0.2) is 4.98 Å². The molecule has 0 bridgehead atoms. The number of hydrogen-bond acceptors (Lipinski definition) is 11. The number of aromatic nitrogens is 1. The molecule has 2 aliphatic heterocycles. The van der Waals surface area contributed by atoms with E-state index < -0.39 is 30.2 Å². The van der Waals surface area contributed by atoms with Crippen LogP contribution in [0.1, 0.15) is 21.6 Å². The van der Waals surface area contributed by atoms with Gasteiger partial charge in [-0.05, 0) is 6.92 Å². The smallest absolute Gasteiger partial charge is 0.318 e. The normalized spacial score (nSPS) is 25.3. The molecule has 2 unspecified atom stereocenters. The third-order valence-electron chi connectivity index (χ3n) is 4.35. The lowest BCUT2D eigenvalue weighted by atomic mass is 9.89. The number of β-lactam (4-membered cyclic amide) rings is 1. The quantitative estimate of drug-likeness (QED) is 0.357. The minimum Gasteiger partial charge on any atom is -0.428 e. The lowest BCUT2D eigenvalue weighted by Crippen LogP contribution is -2.72. The van der Waals surface area contributed by atoms with E-state index in [1.807, 2.05) is 6.92 Å². The molecule has 0 aromatic carbocycles. The summed E-state index contributed by atoms with van der Waals surface area (Å²) in [5.74, 6) is -0.981. The molecule has 160 valence electrons. The molecule has 1 aromatic rings. The van der Waals surface area contributed by atoms with Crippen LogP contribution in [0.15, 0.2) is 6.20 Å². The average Bonchev–Trinajstić information content (AvgIpc) is 3.11. The van der Waals surface area contributed by atoms with Gasteiger partial charge >= 0.3 is 11.9 Å². The fraction of sp³-hybridized carbons (Fsp3) is 0.562. The van der Waals surface area contributed by atoms with Gasteiger partial charge in [0, 0.05) is 36.0 Å². The van der Waals surface area contributed by atoms with E-state index in [-0.39, 0.29) is 41.1 Å². The molecule has 2 saturated heterocycles. The number of nitrogens with zero attached hydrogens (tertiary/aromatic N) is 2. The van der Waals surface area contributed by atoms with Crippen LogP contribution in [-0.2, 0) is 23.9 Å². The molecule has 3 rings (SSSR count). The van der Waals surface area contributed by atoms with Crippen molar-refractivity contribution in [2.45, 2.75) is 25.3 Å². The summed E-state index contributed by atoms with van der Waals surface area (Å²) in [6.07, 6.45) is 1.61. The van der Waals surface area contributed by atoms with Crippen LogP contribution < -0.4 is 5.73 Å². The Balaban J connectivity index is 0.00000300. The zero-order chi connectivity index (χ0) is 20.5. The van der Waals surface area contributed by atoms with E-state index in [2.05, 4.69) is 9.72 Å². The van der Waals surface area contributed by atoms with Gasteiger partial charge in [0.1, 0.15) is 16.8 Å². The fourth-order valence-electron chi connectivity index (χ4n) is 2.83. The molecular formula is C16H20ClN3O6S3. The van der Waals surface area contributed by atoms with Gasteiger partial charge in [-0.2, -0.15) is 0 Å². The number of fused-ring (bicyclic) bond motifs is 1. The summed E-state index contributed by atoms with van der Waals surface area (Å²) in [6.45, 7) is 2.65. The maximum atomic E-state index is 12.8. The summed E-state index contributed by atoms with van der Waals surface area (Å²) in [5.41, 5.74) is 4.70. The third kappa shape index (κ3) is 5.05. The van der Waals surface area contributed by atoms with Crippen molar-refractivity contribution in [3.8, 4) is 0 Å². The van der Waals surface area contributed by atoms with Crippen molar-refractivity contribution in [1.82, 2.24) is 9.88 Å². The van der Waals surface area contributed by atoms with Crippen LogP contribution >= 0.6 is 47.3 Å². The van der Waals surface area contributed by atoms with Gasteiger partial charge < -0.3 is 20.1 Å². The van der Waals surface area contributed by atoms with E-state index in [0.717, 1.165) is 16.6 Å². The molecule has 0 spiro atoms. The summed E-state index contributed by atoms with van der Waals surface area (Å²) in [4.78, 5) is 54.7. The van der Waals surface area contributed by atoms with Gasteiger partial charge in [0.2, 0.25) is 17.8 Å². The summed E-state index contributed by atoms with van der Waals surface area (Å²) >= 11 is 3.63. The predicted octanol–water partition coefficient (Wildman–Crippen LogP) is 1.04. The molecule has 2 fully saturated rings. The third-order valence-corrected chi connectivity index (χ3v) is 8.15. The summed E-state index contributed by atoms with van der Waals surface area (Å²) in [5, 5.41) is -0.0671. The number of thiazole rings is 1. The van der Waals surface area contributed by atoms with Crippen molar-refractivity contribution in [2.75, 3.05) is 24.8 Å². The minimum atomic E-state index is -1.11. The first kappa shape index (κ1) is 23.9. The monoisotopic (exact) mass is 481 g/mol. The molecule has 9 nitrogen and oxygen atoms in total. The van der Waals surface area contributed by atoms with Crippen molar-refractivity contribution >= 4 is 70.2 Å². The number of ether oxygens (including phenoxy) is 2. The zero-order valence-corrected chi connectivity index (χ0v) is 18.9. The van der Waals surface area contributed by atoms with Gasteiger partial charge in [0.05, 0.1) is 0 Å². The Hall–Kier alpha value is -1.34. The predicted molar refractivity (Wildman–Crippen MR) is 112 cm³/mol. The molecule has 1 aromatic heterocycles. The number of nitrogens with two attached hydrogens (primary N) is 1. The SMILES string of the molecule is CC(=O)OCOC(=O)C1(CSC(=O)c2ncc(C)s2)CS[C@@H]2C(N)C(=O)N2C1.Cl. The van der Waals surface area contributed by atoms with E-state index in [9.17, 15) is 19.2 Å². The van der Waals surface area contributed by atoms with E-state index in [1.165, 1.54) is 34.9 Å². The van der Waals surface area contributed by atoms with E-state index >= 15 is 0 Å². The number of amides is 1. The van der Waals surface area contributed by atoms with E-state index in [1.54, 1.807) is 6.20 Å². The maximum Gasteiger partial charge on any atom is 0.318 e. The van der Waals surface area contributed by atoms with Crippen LogP contribution in [0.3, 0.4) is 0 Å². The van der Waals surface area contributed by atoms with E-state index in [4.69, 9.17) is 10.5 Å². The van der Waals surface area contributed by atoms with Gasteiger partial charge in [-0.1, -0.05) is 11.8 Å². The van der Waals surface area contributed by atoms with Crippen LogP contribution in [0.2, 0.25) is 0 Å². The number of carbonyl (C=O) groups excluding carboxylic acids is 4. The second-order valence-corrected chi connectivity index (χ2v) is 9.80. The van der Waals surface area contributed by atoms with Crippen LogP contribution in [0.25, 0.3) is 0 Å². The van der Waals surface area contributed by atoms with Gasteiger partial charge in [0.25, 0.3) is 0 Å². The van der Waals surface area contributed by atoms with Crippen LogP contribution in [0, 0.1) is 12.3 Å². The topological polar surface area (TPSA) is 129 Å². The molecule has 29 heavy (non-hydrogen) atoms. The van der Waals surface area contributed by atoms with E-state index in [0.29, 0.717) is 10.8 Å². The Kier molecular flexibility index (Phi) is 7.96. The lowest BCUT2D eigenvalue weighted by Gasteiger charge is -2.53. The Bertz CT molecular complexity index is 822. The molecule has 0 aliphatic carbocycles. The van der Waals surface area contributed by atoms with Crippen molar-refractivity contribution in [1.29, 1.82) is 0 Å². The number of thioether (sulfide) groups is 2. The second kappa shape index (κ2) is 9.65. The summed E-state index contributed by atoms with van der Waals surface area (Å²) in [7, 11) is 0. The van der Waals surface area contributed by atoms with Gasteiger partial charge in [0.15, 0.2) is 5.01 Å². The summed E-state index contributed by atoms with van der Waals surface area (Å²) in [6, 6.07) is -0.576. The van der Waals surface area contributed by atoms with Crippen molar-refractivity contribution in [2.24, 2.45) is 11.1 Å². The van der Waals surface area contributed by atoms with Crippen LogP contribution in [0.5, 0.6) is 0 Å². The molecule has 2 N–H and O–H groups in total. The maximum absolute atomic E-state index is 12.8. The molecule has 3 heterocycles. The molecule has 3 atom stereocenters. The number of hydrogen-bond donors (Lipinski definition) is 1. The zero-order valence-electron chi connectivity index (χ0n) is 15.6. The first-order valence-electron chi connectivity index (χ1n) is 8.31. The van der Waals surface area contributed by atoms with Crippen molar-refractivity contribution in [3.63, 3.8) is 0 Å². The summed E-state index contributed by atoms with van der Waals surface area (Å²) < 4.78 is 9.78. The Labute approximate surface area is 185 Å². The Morgan fingerprint density at radius 2 is 2.14 bits per heavy atom. The highest BCUT2D eigenvalue weighted by atomic mass is 35.5. The van der Waals surface area contributed by atoms with Crippen LogP contribution in [0.4, 0.5) is 0 Å². The Morgan fingerprint density at radius 3 is 2.76 bits per heavy atom. The van der Waals surface area contributed by atoms with Gasteiger partial charge in [-0.15, -0.1) is 35.5 Å². The Morgan fingerprint density at radius 1 is 1.41 bits per heavy atom. The standard InChI is InChI=1S/C16H19N3O6S3.ClH/c1-8-3-18-11(28-8)14(22)27-6-16(15(23)25-7-24-9(2)20)4-19-12(21)10(17)13(19)26-5-16;/h3,10,13H,4-7,17H2,1-2H3;1H/t10?,13-,16?;/m1./s1. The van der Waals surface area contributed by atoms with Crippen molar-refractivity contribution < 1.29 is 28.7 Å². The van der Waals surface area contributed by atoms with Crippen LogP contribution in [-0.4, -0.2) is 69.1 Å². The second-order valence-electron chi connectivity index (χ2n) is 6.51. The lowest BCUT2D eigenvalue weighted by molar-refractivity contribution is -0.174. The molecule has 13 heteroatoms. The number of esters is 2. The number of halogens is 1. The molecule has 0 radical (unpaired) electrons. The molecule has 0 saturated carbocycles. The highest BCUT2D eigenvalue weighted by Gasteiger charge is 2.56. The molecular weight excluding hydrogens is 462 g/mol. The molecule has 2 aliphatic rings. The first-order chi connectivity index (χ1) is 13.2. The largest absolute Gasteiger partial charge is 0.428 e. The number of aryl methyl sites for hydroxylation is 1.